The van der Waals surface area contributed by atoms with Gasteiger partial charge in [0.1, 0.15) is 0 Å². The van der Waals surface area contributed by atoms with Gasteiger partial charge in [-0.2, -0.15) is 0 Å². The summed E-state index contributed by atoms with van der Waals surface area (Å²) in [5.74, 6) is 0. The third-order valence-corrected chi connectivity index (χ3v) is 11.5. The lowest BCUT2D eigenvalue weighted by Gasteiger charge is -2.11. The van der Waals surface area contributed by atoms with Crippen LogP contribution in [0.1, 0.15) is 0 Å². The van der Waals surface area contributed by atoms with Crippen molar-refractivity contribution in [2.24, 2.45) is 0 Å². The molecule has 0 N–H and O–H groups in total. The smallest absolute Gasteiger partial charge is 0.0619 e. The highest BCUT2D eigenvalue weighted by molar-refractivity contribution is 7.26. The molecule has 0 bridgehead atoms. The molecule has 0 fully saturated rings. The first-order valence-electron chi connectivity index (χ1n) is 16.8. The van der Waals surface area contributed by atoms with Crippen LogP contribution in [0.3, 0.4) is 0 Å². The van der Waals surface area contributed by atoms with Gasteiger partial charge in [-0.3, -0.25) is 0 Å². The predicted octanol–water partition coefficient (Wildman–Crippen LogP) is 13.1. The van der Waals surface area contributed by atoms with E-state index in [0.717, 1.165) is 5.69 Å². The largest absolute Gasteiger partial charge is 0.309 e. The van der Waals surface area contributed by atoms with Crippen molar-refractivity contribution in [2.75, 3.05) is 0 Å². The van der Waals surface area contributed by atoms with E-state index in [4.69, 9.17) is 0 Å². The Morgan fingerprint density at radius 2 is 1.02 bits per heavy atom. The molecule has 0 spiro atoms. The van der Waals surface area contributed by atoms with E-state index >= 15 is 0 Å². The topological polar surface area (TPSA) is 9.86 Å². The maximum atomic E-state index is 2.46. The van der Waals surface area contributed by atoms with E-state index in [1.54, 1.807) is 0 Å². The highest BCUT2D eigenvalue weighted by Crippen LogP contribution is 2.43. The van der Waals surface area contributed by atoms with Gasteiger partial charge in [-0.25, -0.2) is 0 Å². The van der Waals surface area contributed by atoms with Gasteiger partial charge < -0.3 is 9.13 Å². The van der Waals surface area contributed by atoms with Crippen LogP contribution in [0.5, 0.6) is 0 Å². The second kappa shape index (κ2) is 10.2. The second-order valence-corrected chi connectivity index (χ2v) is 14.0. The molecule has 0 saturated carbocycles. The molecule has 3 heteroatoms. The zero-order chi connectivity index (χ0) is 32.1. The van der Waals surface area contributed by atoms with E-state index in [1.165, 1.54) is 91.4 Å². The van der Waals surface area contributed by atoms with E-state index in [2.05, 4.69) is 179 Å². The lowest BCUT2D eigenvalue weighted by atomic mass is 10.0. The third-order valence-electron chi connectivity index (χ3n) is 10.3. The fourth-order valence-electron chi connectivity index (χ4n) is 8.13. The van der Waals surface area contributed by atoms with E-state index < -0.39 is 0 Å². The number of para-hydroxylation sites is 2. The van der Waals surface area contributed by atoms with Crippen molar-refractivity contribution in [1.82, 2.24) is 9.13 Å². The van der Waals surface area contributed by atoms with E-state index in [-0.39, 0.29) is 0 Å². The fourth-order valence-corrected chi connectivity index (χ4v) is 9.36. The van der Waals surface area contributed by atoms with Crippen molar-refractivity contribution in [1.29, 1.82) is 0 Å². The Bertz CT molecular complexity index is 3090. The minimum atomic E-state index is 1.16. The van der Waals surface area contributed by atoms with Gasteiger partial charge in [0, 0.05) is 58.5 Å². The quantitative estimate of drug-likeness (QED) is 0.182. The van der Waals surface area contributed by atoms with Crippen LogP contribution < -0.4 is 0 Å². The Balaban J connectivity index is 1.17. The normalized spacial score (nSPS) is 12.1. The number of fused-ring (bicyclic) bond motifs is 11. The fraction of sp³-hybridized carbons (Fsp3) is 0. The van der Waals surface area contributed by atoms with Gasteiger partial charge in [0.15, 0.2) is 0 Å². The molecule has 0 atom stereocenters. The lowest BCUT2D eigenvalue weighted by molar-refractivity contribution is 1.18. The van der Waals surface area contributed by atoms with Crippen molar-refractivity contribution in [3.05, 3.63) is 170 Å². The molecule has 0 radical (unpaired) electrons. The van der Waals surface area contributed by atoms with Crippen molar-refractivity contribution in [2.45, 2.75) is 0 Å². The lowest BCUT2D eigenvalue weighted by Crippen LogP contribution is -1.95. The summed E-state index contributed by atoms with van der Waals surface area (Å²) < 4.78 is 7.58. The summed E-state index contributed by atoms with van der Waals surface area (Å²) >= 11 is 1.88. The van der Waals surface area contributed by atoms with E-state index in [1.807, 2.05) is 11.3 Å². The molecule has 2 nitrogen and oxygen atoms in total. The monoisotopic (exact) mass is 640 g/mol. The maximum Gasteiger partial charge on any atom is 0.0619 e. The van der Waals surface area contributed by atoms with Gasteiger partial charge in [-0.1, -0.05) is 121 Å². The minimum absolute atomic E-state index is 1.16. The molecular weight excluding hydrogens is 613 g/mol. The molecule has 228 valence electrons. The van der Waals surface area contributed by atoms with Crippen LogP contribution in [0.25, 0.3) is 97.1 Å². The summed E-state index contributed by atoms with van der Waals surface area (Å²) in [4.78, 5) is 0. The molecule has 0 saturated heterocycles. The average Bonchev–Trinajstić information content (AvgIpc) is 3.82. The predicted molar refractivity (Wildman–Crippen MR) is 211 cm³/mol. The van der Waals surface area contributed by atoms with Gasteiger partial charge in [0.25, 0.3) is 0 Å². The molecule has 3 aromatic heterocycles. The van der Waals surface area contributed by atoms with Gasteiger partial charge in [-0.15, -0.1) is 11.3 Å². The molecule has 8 aromatic carbocycles. The first-order valence-corrected chi connectivity index (χ1v) is 17.6. The second-order valence-electron chi connectivity index (χ2n) is 12.9. The average molecular weight is 641 g/mol. The van der Waals surface area contributed by atoms with Gasteiger partial charge in [-0.05, 0) is 65.0 Å². The highest BCUT2D eigenvalue weighted by Gasteiger charge is 2.20. The summed E-state index contributed by atoms with van der Waals surface area (Å²) in [6.07, 6.45) is 0. The van der Waals surface area contributed by atoms with Crippen LogP contribution in [0.15, 0.2) is 170 Å². The Kier molecular flexibility index (Phi) is 5.57. The number of thiophene rings is 1. The summed E-state index contributed by atoms with van der Waals surface area (Å²) in [5.41, 5.74) is 9.76. The van der Waals surface area contributed by atoms with Crippen molar-refractivity contribution in [3.8, 4) is 22.5 Å². The van der Waals surface area contributed by atoms with Crippen molar-refractivity contribution >= 4 is 85.9 Å². The zero-order valence-corrected chi connectivity index (χ0v) is 27.3. The molecular formula is C46H28N2S. The number of hydrogen-bond acceptors (Lipinski definition) is 1. The Morgan fingerprint density at radius 3 is 1.88 bits per heavy atom. The standard InChI is InChI=1S/C46H28N2S/c1-2-12-31(13-3-1)48-43-27-39-35-15-6-8-19-41(35)47(42(39)28-40(43)37-26-23-29-11-4-5-14-33(29)45(37)48)32-24-21-30(22-25-32)34-17-10-18-38-36-16-7-9-20-44(36)49-46(34)38/h1-28H. The molecule has 0 aliphatic carbocycles. The SMILES string of the molecule is c1ccc(-n2c3cc4c5ccccc5n(-c5ccc(-c6cccc7c6sc6ccccc67)cc5)c4cc3c3ccc4ccccc4c32)cc1. The van der Waals surface area contributed by atoms with Crippen molar-refractivity contribution < 1.29 is 0 Å². The molecule has 0 unspecified atom stereocenters. The van der Waals surface area contributed by atoms with Crippen LogP contribution in [-0.2, 0) is 0 Å². The summed E-state index contributed by atoms with van der Waals surface area (Å²) in [5, 5.41) is 10.2. The molecule has 0 aliphatic rings. The van der Waals surface area contributed by atoms with Crippen molar-refractivity contribution in [3.63, 3.8) is 0 Å². The number of rotatable bonds is 3. The Morgan fingerprint density at radius 1 is 0.367 bits per heavy atom. The first kappa shape index (κ1) is 26.9. The van der Waals surface area contributed by atoms with Gasteiger partial charge in [0.05, 0.1) is 22.1 Å². The Hall–Kier alpha value is -6.16. The molecule has 3 heterocycles. The van der Waals surface area contributed by atoms with Crippen LogP contribution in [0, 0.1) is 0 Å². The van der Waals surface area contributed by atoms with Crippen LogP contribution in [-0.4, -0.2) is 9.13 Å². The summed E-state index contributed by atoms with van der Waals surface area (Å²) in [7, 11) is 0. The van der Waals surface area contributed by atoms with E-state index in [0.29, 0.717) is 0 Å². The van der Waals surface area contributed by atoms with Gasteiger partial charge in [0.2, 0.25) is 0 Å². The van der Waals surface area contributed by atoms with Gasteiger partial charge >= 0.3 is 0 Å². The van der Waals surface area contributed by atoms with Crippen LogP contribution in [0.2, 0.25) is 0 Å². The minimum Gasteiger partial charge on any atom is -0.309 e. The highest BCUT2D eigenvalue weighted by atomic mass is 32.1. The zero-order valence-electron chi connectivity index (χ0n) is 26.5. The molecule has 11 aromatic rings. The molecule has 49 heavy (non-hydrogen) atoms. The maximum absolute atomic E-state index is 2.46. The number of benzene rings is 8. The molecule has 0 aliphatic heterocycles. The number of aromatic nitrogens is 2. The third kappa shape index (κ3) is 3.82. The summed E-state index contributed by atoms with van der Waals surface area (Å²) in [6.45, 7) is 0. The Labute approximate surface area is 286 Å². The first-order chi connectivity index (χ1) is 24.3. The van der Waals surface area contributed by atoms with E-state index in [9.17, 15) is 0 Å². The number of nitrogens with zero attached hydrogens (tertiary/aromatic N) is 2. The molecule has 11 rings (SSSR count). The van der Waals surface area contributed by atoms with Crippen LogP contribution in [0.4, 0.5) is 0 Å². The summed E-state index contributed by atoms with van der Waals surface area (Å²) in [6, 6.07) is 62.4. The van der Waals surface area contributed by atoms with Crippen LogP contribution >= 0.6 is 11.3 Å². The number of hydrogen-bond donors (Lipinski definition) is 0. The molecule has 0 amide bonds.